The van der Waals surface area contributed by atoms with Crippen LogP contribution in [-0.2, 0) is 28.3 Å². The van der Waals surface area contributed by atoms with Crippen LogP contribution in [0, 0.1) is 11.8 Å². The molecule has 0 radical (unpaired) electrons. The Morgan fingerprint density at radius 3 is 2.19 bits per heavy atom. The smallest absolute Gasteiger partial charge is 0.325 e. The maximum Gasteiger partial charge on any atom is 0.325 e. The summed E-state index contributed by atoms with van der Waals surface area (Å²) in [5, 5.41) is 6.86. The van der Waals surface area contributed by atoms with E-state index >= 15 is 0 Å². The zero-order chi connectivity index (χ0) is 33.3. The fourth-order valence-corrected chi connectivity index (χ4v) is 5.80. The Morgan fingerprint density at radius 2 is 1.67 bits per heavy atom. The third-order valence-electron chi connectivity index (χ3n) is 7.97. The van der Waals surface area contributed by atoms with Crippen LogP contribution in [0.2, 0.25) is 18.1 Å². The van der Waals surface area contributed by atoms with E-state index in [-0.39, 0.29) is 23.0 Å². The Morgan fingerprint density at radius 1 is 1.07 bits per heavy atom. The van der Waals surface area contributed by atoms with Gasteiger partial charge in [-0.25, -0.2) is 5.43 Å². The minimum Gasteiger partial charge on any atom is -0.460 e. The lowest BCUT2D eigenvalue weighted by Crippen LogP contribution is -2.61. The second-order valence-corrected chi connectivity index (χ2v) is 20.3. The molecule has 1 aliphatic heterocycles. The van der Waals surface area contributed by atoms with E-state index in [1.807, 2.05) is 26.8 Å². The van der Waals surface area contributed by atoms with E-state index < -0.39 is 60.5 Å². The monoisotopic (exact) mass is 684 g/mol. The first-order chi connectivity index (χ1) is 19.6. The summed E-state index contributed by atoms with van der Waals surface area (Å²) < 4.78 is 9.92. The van der Waals surface area contributed by atoms with Gasteiger partial charge in [0.2, 0.25) is 15.6 Å². The molecule has 0 bridgehead atoms. The van der Waals surface area contributed by atoms with Crippen LogP contribution in [0.3, 0.4) is 0 Å². The predicted octanol–water partition coefficient (Wildman–Crippen LogP) is 5.03. The van der Waals surface area contributed by atoms with Gasteiger partial charge in [-0.3, -0.25) is 24.2 Å². The number of esters is 1. The summed E-state index contributed by atoms with van der Waals surface area (Å²) in [6.07, 6.45) is 3.75. The molecule has 43 heavy (non-hydrogen) atoms. The molecule has 0 aromatic carbocycles. The Bertz CT molecular complexity index is 986. The highest BCUT2D eigenvalue weighted by molar-refractivity contribution is 6.74. The van der Waals surface area contributed by atoms with Crippen LogP contribution in [0.1, 0.15) is 74.1 Å². The summed E-state index contributed by atoms with van der Waals surface area (Å²) in [7, 11) is -2.17. The van der Waals surface area contributed by atoms with E-state index in [4.69, 9.17) is 44.0 Å². The van der Waals surface area contributed by atoms with Crippen LogP contribution in [0.15, 0.2) is 12.7 Å². The topological polar surface area (TPSA) is 126 Å². The molecule has 1 fully saturated rings. The van der Waals surface area contributed by atoms with Crippen LogP contribution < -0.4 is 16.1 Å². The maximum atomic E-state index is 13.4. The Balaban J connectivity index is 2.90. The van der Waals surface area contributed by atoms with Crippen molar-refractivity contribution in [2.45, 2.75) is 120 Å². The number of allylic oxidation sites excluding steroid dienone is 1. The largest absolute Gasteiger partial charge is 0.460 e. The lowest BCUT2D eigenvalue weighted by atomic mass is 9.97. The molecule has 248 valence electrons. The number of ether oxygens (including phenoxy) is 1. The molecule has 0 saturated carbocycles. The van der Waals surface area contributed by atoms with Crippen LogP contribution in [0.5, 0.6) is 0 Å². The van der Waals surface area contributed by atoms with Gasteiger partial charge in [-0.15, -0.1) is 6.58 Å². The lowest BCUT2D eigenvalue weighted by Gasteiger charge is -2.41. The van der Waals surface area contributed by atoms with Gasteiger partial charge in [-0.05, 0) is 56.7 Å². The van der Waals surface area contributed by atoms with Gasteiger partial charge in [0.25, 0.3) is 5.91 Å². The van der Waals surface area contributed by atoms with E-state index in [1.54, 1.807) is 6.92 Å². The number of hydrazine groups is 1. The molecular formula is C29H51Cl3N4O6Si. The van der Waals surface area contributed by atoms with Crippen molar-refractivity contribution in [3.63, 3.8) is 0 Å². The molecule has 3 unspecified atom stereocenters. The van der Waals surface area contributed by atoms with Crippen LogP contribution >= 0.6 is 34.8 Å². The van der Waals surface area contributed by atoms with Gasteiger partial charge in [0.1, 0.15) is 24.7 Å². The Kier molecular flexibility index (Phi) is 15.5. The third-order valence-corrected chi connectivity index (χ3v) is 12.8. The number of carbonyl (C=O) groups excluding carboxylic acids is 4. The number of carbonyl (C=O) groups is 4. The van der Waals surface area contributed by atoms with Crippen molar-refractivity contribution >= 4 is 66.8 Å². The highest BCUT2D eigenvalue weighted by Crippen LogP contribution is 2.38. The summed E-state index contributed by atoms with van der Waals surface area (Å²) >= 11 is 17.0. The summed E-state index contributed by atoms with van der Waals surface area (Å²) in [5.41, 5.74) is 2.84. The third kappa shape index (κ3) is 12.9. The van der Waals surface area contributed by atoms with Gasteiger partial charge < -0.3 is 19.8 Å². The molecule has 3 amide bonds. The van der Waals surface area contributed by atoms with Gasteiger partial charge in [0, 0.05) is 6.54 Å². The highest BCUT2D eigenvalue weighted by Gasteiger charge is 2.41. The molecule has 0 spiro atoms. The number of rotatable bonds is 14. The highest BCUT2D eigenvalue weighted by atomic mass is 35.6. The van der Waals surface area contributed by atoms with Crippen LogP contribution in [-0.4, -0.2) is 78.2 Å². The molecule has 1 aliphatic rings. The molecule has 10 nitrogen and oxygen atoms in total. The number of nitrogens with one attached hydrogen (secondary N) is 3. The minimum absolute atomic E-state index is 0.0351. The zero-order valence-corrected chi connectivity index (χ0v) is 30.3. The number of halogens is 3. The Hall–Kier alpha value is -1.37. The number of hydrogen-bond donors (Lipinski definition) is 3. The normalized spacial score (nSPS) is 19.2. The van der Waals surface area contributed by atoms with E-state index in [2.05, 4.69) is 56.5 Å². The number of nitrogens with zero attached hydrogens (tertiary/aromatic N) is 1. The minimum atomic E-state index is -2.17. The molecular weight excluding hydrogens is 635 g/mol. The maximum absolute atomic E-state index is 13.4. The van der Waals surface area contributed by atoms with Crippen molar-refractivity contribution in [1.82, 2.24) is 21.1 Å². The first-order valence-electron chi connectivity index (χ1n) is 14.8. The van der Waals surface area contributed by atoms with Gasteiger partial charge in [-0.1, -0.05) is 82.4 Å². The molecule has 0 aromatic heterocycles. The molecule has 1 rings (SSSR count). The number of amides is 3. The summed E-state index contributed by atoms with van der Waals surface area (Å²) in [4.78, 5) is 52.3. The average molecular weight is 686 g/mol. The molecule has 0 aliphatic carbocycles. The van der Waals surface area contributed by atoms with Gasteiger partial charge in [0.15, 0.2) is 8.32 Å². The van der Waals surface area contributed by atoms with Crippen molar-refractivity contribution in [3.8, 4) is 0 Å². The number of alkyl halides is 3. The quantitative estimate of drug-likeness (QED) is 0.101. The van der Waals surface area contributed by atoms with Crippen molar-refractivity contribution < 1.29 is 28.3 Å². The molecule has 5 atom stereocenters. The molecule has 1 saturated heterocycles. The molecule has 1 heterocycles. The molecule has 3 N–H and O–H groups in total. The van der Waals surface area contributed by atoms with E-state index in [9.17, 15) is 19.2 Å². The average Bonchev–Trinajstić information content (AvgIpc) is 2.90. The van der Waals surface area contributed by atoms with E-state index in [1.165, 1.54) is 5.01 Å². The first-order valence-corrected chi connectivity index (χ1v) is 18.9. The van der Waals surface area contributed by atoms with Crippen molar-refractivity contribution in [1.29, 1.82) is 0 Å². The van der Waals surface area contributed by atoms with E-state index in [0.717, 1.165) is 0 Å². The molecule has 0 aromatic rings. The predicted molar refractivity (Wildman–Crippen MR) is 174 cm³/mol. The van der Waals surface area contributed by atoms with Crippen molar-refractivity contribution in [3.05, 3.63) is 12.7 Å². The Labute approximate surface area is 273 Å². The van der Waals surface area contributed by atoms with E-state index in [0.29, 0.717) is 32.2 Å². The fraction of sp³-hybridized carbons (Fsp3) is 0.793. The standard InChI is InChI=1S/C29H51Cl3N4O6Si/c1-11-12-15-22(42-43(9,10)28(6,7)8)19(4)24(37)34-23(18(2)3)25(38)33-20(5)26(39)36-16-13-14-21(35-36)27(40)41-17-29(30,31)32/h11,18-23,35H,1,12-17H2,2-10H3,(H,33,38)(H,34,37)/t19-,20?,21?,22-,23?/m1/s1. The van der Waals surface area contributed by atoms with Crippen molar-refractivity contribution in [2.24, 2.45) is 11.8 Å². The van der Waals surface area contributed by atoms with Gasteiger partial charge >= 0.3 is 5.97 Å². The molecule has 14 heteroatoms. The second-order valence-electron chi connectivity index (χ2n) is 13.1. The zero-order valence-electron chi connectivity index (χ0n) is 27.0. The fourth-order valence-electron chi connectivity index (χ4n) is 4.20. The van der Waals surface area contributed by atoms with Gasteiger partial charge in [-0.2, -0.15) is 0 Å². The summed E-state index contributed by atoms with van der Waals surface area (Å²) in [5.74, 6) is -2.65. The second kappa shape index (κ2) is 16.8. The lowest BCUT2D eigenvalue weighted by molar-refractivity contribution is -0.152. The number of hydrogen-bond acceptors (Lipinski definition) is 7. The van der Waals surface area contributed by atoms with Crippen LogP contribution in [0.25, 0.3) is 0 Å². The van der Waals surface area contributed by atoms with Gasteiger partial charge in [0.05, 0.1) is 12.0 Å². The first kappa shape index (κ1) is 39.7. The summed E-state index contributed by atoms with van der Waals surface area (Å²) in [6, 6.07) is -2.62. The summed E-state index contributed by atoms with van der Waals surface area (Å²) in [6.45, 7) is 21.5. The van der Waals surface area contributed by atoms with Crippen molar-refractivity contribution in [2.75, 3.05) is 13.2 Å². The SMILES string of the molecule is C=CCC[C@@H](O[Si](C)(C)C(C)(C)C)[C@@H](C)C(=O)NC(C(=O)NC(C)C(=O)N1CCCC(C(=O)OCC(Cl)(Cl)Cl)N1)C(C)C. The van der Waals surface area contributed by atoms with Crippen LogP contribution in [0.4, 0.5) is 0 Å².